The number of sulfonamides is 1. The molecular weight excluding hydrogens is 402 g/mol. The van der Waals surface area contributed by atoms with E-state index in [1.165, 1.54) is 0 Å². The van der Waals surface area contributed by atoms with Gasteiger partial charge >= 0.3 is 23.9 Å². The van der Waals surface area contributed by atoms with Crippen LogP contribution in [0.5, 0.6) is 0 Å². The molecule has 1 heterocycles. The first-order valence-electron chi connectivity index (χ1n) is 8.15. The maximum absolute atomic E-state index is 11.6. The van der Waals surface area contributed by atoms with Crippen LogP contribution in [-0.2, 0) is 52.9 Å². The minimum Gasteiger partial charge on any atom is -0.456 e. The molecule has 1 aliphatic rings. The number of carbonyl (C=O) groups is 4. The van der Waals surface area contributed by atoms with Gasteiger partial charge in [-0.2, -0.15) is 0 Å². The van der Waals surface area contributed by atoms with Crippen molar-refractivity contribution in [3.8, 4) is 0 Å². The first kappa shape index (κ1) is 23.8. The molecule has 1 saturated heterocycles. The van der Waals surface area contributed by atoms with Crippen molar-refractivity contribution in [3.05, 3.63) is 0 Å². The number of esters is 4. The summed E-state index contributed by atoms with van der Waals surface area (Å²) in [5.41, 5.74) is 0. The van der Waals surface area contributed by atoms with Gasteiger partial charge in [-0.1, -0.05) is 0 Å². The third-order valence-corrected chi connectivity index (χ3v) is 4.27. The Labute approximate surface area is 161 Å². The van der Waals surface area contributed by atoms with Crippen molar-refractivity contribution in [2.75, 3.05) is 5.75 Å². The van der Waals surface area contributed by atoms with E-state index in [2.05, 4.69) is 0 Å². The number of carbonyl (C=O) groups excluding carboxylic acids is 4. The van der Waals surface area contributed by atoms with Crippen LogP contribution in [0.1, 0.15) is 34.1 Å². The minimum absolute atomic E-state index is 0.279. The third-order valence-electron chi connectivity index (χ3n) is 3.47. The Hall–Kier alpha value is -2.25. The molecule has 1 aliphatic heterocycles. The number of nitrogens with two attached hydrogens (primary N) is 1. The Kier molecular flexibility index (Phi) is 8.32. The number of hydrogen-bond acceptors (Lipinski definition) is 11. The van der Waals surface area contributed by atoms with E-state index in [4.69, 9.17) is 28.8 Å². The van der Waals surface area contributed by atoms with Crippen LogP contribution in [0.15, 0.2) is 0 Å². The summed E-state index contributed by atoms with van der Waals surface area (Å²) in [4.78, 5) is 46.0. The summed E-state index contributed by atoms with van der Waals surface area (Å²) in [6.07, 6.45) is -7.24. The molecule has 0 aromatic rings. The predicted molar refractivity (Wildman–Crippen MR) is 89.7 cm³/mol. The molecule has 13 heteroatoms. The van der Waals surface area contributed by atoms with E-state index < -0.39 is 70.4 Å². The van der Waals surface area contributed by atoms with Crippen LogP contribution in [0.25, 0.3) is 0 Å². The van der Waals surface area contributed by atoms with Gasteiger partial charge in [0.1, 0.15) is 6.10 Å². The van der Waals surface area contributed by atoms with E-state index in [0.29, 0.717) is 0 Å². The second-order valence-electron chi connectivity index (χ2n) is 6.03. The molecule has 0 saturated carbocycles. The molecule has 12 nitrogen and oxygen atoms in total. The van der Waals surface area contributed by atoms with Gasteiger partial charge < -0.3 is 23.7 Å². The number of rotatable bonds is 7. The van der Waals surface area contributed by atoms with Gasteiger partial charge in [-0.15, -0.1) is 0 Å². The summed E-state index contributed by atoms with van der Waals surface area (Å²) in [5.74, 6) is -3.79. The highest BCUT2D eigenvalue weighted by atomic mass is 32.2. The van der Waals surface area contributed by atoms with Crippen LogP contribution in [0.3, 0.4) is 0 Å². The summed E-state index contributed by atoms with van der Waals surface area (Å²) in [6, 6.07) is 0. The molecule has 0 aliphatic carbocycles. The molecule has 0 bridgehead atoms. The van der Waals surface area contributed by atoms with E-state index in [1.54, 1.807) is 0 Å². The maximum Gasteiger partial charge on any atom is 0.305 e. The zero-order valence-electron chi connectivity index (χ0n) is 15.8. The lowest BCUT2D eigenvalue weighted by atomic mass is 9.96. The van der Waals surface area contributed by atoms with Gasteiger partial charge in [0.15, 0.2) is 12.2 Å². The van der Waals surface area contributed by atoms with Crippen molar-refractivity contribution < 1.29 is 51.3 Å². The van der Waals surface area contributed by atoms with Crippen molar-refractivity contribution in [2.45, 2.75) is 64.8 Å². The second-order valence-corrected chi connectivity index (χ2v) is 7.76. The van der Waals surface area contributed by atoms with Gasteiger partial charge in [0, 0.05) is 27.7 Å². The lowest BCUT2D eigenvalue weighted by Crippen LogP contribution is -2.62. The third kappa shape index (κ3) is 7.78. The van der Waals surface area contributed by atoms with E-state index >= 15 is 0 Å². The van der Waals surface area contributed by atoms with Crippen LogP contribution in [0, 0.1) is 0 Å². The summed E-state index contributed by atoms with van der Waals surface area (Å²) >= 11 is 0. The normalized spacial score (nSPS) is 27.4. The fraction of sp³-hybridized carbons (Fsp3) is 0.733. The minimum atomic E-state index is -3.91. The van der Waals surface area contributed by atoms with Crippen LogP contribution >= 0.6 is 0 Å². The second kappa shape index (κ2) is 9.80. The van der Waals surface area contributed by atoms with E-state index in [-0.39, 0.29) is 6.42 Å². The average Bonchev–Trinajstić information content (AvgIpc) is 2.48. The molecule has 2 N–H and O–H groups in total. The molecule has 1 rings (SSSR count). The zero-order chi connectivity index (χ0) is 21.6. The molecule has 5 atom stereocenters. The largest absolute Gasteiger partial charge is 0.456 e. The van der Waals surface area contributed by atoms with Crippen LogP contribution in [-0.4, -0.2) is 68.8 Å². The van der Waals surface area contributed by atoms with Gasteiger partial charge in [0.05, 0.1) is 5.75 Å². The Balaban J connectivity index is 3.33. The molecule has 0 amide bonds. The molecule has 0 aromatic carbocycles. The van der Waals surface area contributed by atoms with Crippen LogP contribution < -0.4 is 5.14 Å². The standard InChI is InChI=1S/C15H23NO11S/c1-7(17)23-12-11(5-6-28(16,21)22)27-15(26-10(4)20)14(25-9(3)19)13(12)24-8(2)18/h11-15H,5-6H2,1-4H3,(H2,16,21,22)/t11-,12-,13+,14+,15+/m1/s1. The smallest absolute Gasteiger partial charge is 0.305 e. The highest BCUT2D eigenvalue weighted by Crippen LogP contribution is 2.31. The average molecular weight is 425 g/mol. The fourth-order valence-electron chi connectivity index (χ4n) is 2.63. The monoisotopic (exact) mass is 425 g/mol. The van der Waals surface area contributed by atoms with Crippen LogP contribution in [0.2, 0.25) is 0 Å². The topological polar surface area (TPSA) is 175 Å². The van der Waals surface area contributed by atoms with Crippen molar-refractivity contribution in [2.24, 2.45) is 5.14 Å². The molecule has 0 aromatic heterocycles. The SMILES string of the molecule is CC(=O)O[C@H]1O[C@H](CCS(N)(=O)=O)[C@@H](OC(C)=O)[C@H](OC(C)=O)[C@@H]1OC(C)=O. The summed E-state index contributed by atoms with van der Waals surface area (Å²) in [6.45, 7) is 4.25. The molecule has 28 heavy (non-hydrogen) atoms. The quantitative estimate of drug-likeness (QED) is 0.381. The molecule has 160 valence electrons. The Morgan fingerprint density at radius 2 is 1.21 bits per heavy atom. The number of primary sulfonamides is 1. The number of ether oxygens (including phenoxy) is 5. The Morgan fingerprint density at radius 1 is 0.786 bits per heavy atom. The maximum atomic E-state index is 11.6. The first-order chi connectivity index (χ1) is 12.8. The van der Waals surface area contributed by atoms with Crippen molar-refractivity contribution in [3.63, 3.8) is 0 Å². The fourth-order valence-corrected chi connectivity index (χ4v) is 3.19. The summed E-state index contributed by atoms with van der Waals surface area (Å²) in [5, 5.41) is 4.99. The Morgan fingerprint density at radius 3 is 1.64 bits per heavy atom. The Bertz CT molecular complexity index is 719. The number of hydrogen-bond donors (Lipinski definition) is 1. The van der Waals surface area contributed by atoms with Gasteiger partial charge in [0.25, 0.3) is 0 Å². The molecule has 0 spiro atoms. The first-order valence-corrected chi connectivity index (χ1v) is 9.86. The molecular formula is C15H23NO11S. The van der Waals surface area contributed by atoms with Gasteiger partial charge in [-0.3, -0.25) is 19.2 Å². The van der Waals surface area contributed by atoms with Gasteiger partial charge in [0.2, 0.25) is 22.4 Å². The van der Waals surface area contributed by atoms with E-state index in [1.807, 2.05) is 0 Å². The summed E-state index contributed by atoms with van der Waals surface area (Å²) in [7, 11) is -3.91. The van der Waals surface area contributed by atoms with Gasteiger partial charge in [-0.25, -0.2) is 13.6 Å². The highest BCUT2D eigenvalue weighted by molar-refractivity contribution is 7.89. The van der Waals surface area contributed by atoms with Gasteiger partial charge in [-0.05, 0) is 6.42 Å². The lowest BCUT2D eigenvalue weighted by Gasteiger charge is -2.43. The van der Waals surface area contributed by atoms with E-state index in [0.717, 1.165) is 27.7 Å². The highest BCUT2D eigenvalue weighted by Gasteiger charge is 2.53. The van der Waals surface area contributed by atoms with Crippen molar-refractivity contribution in [1.29, 1.82) is 0 Å². The molecule has 0 radical (unpaired) electrons. The zero-order valence-corrected chi connectivity index (χ0v) is 16.6. The van der Waals surface area contributed by atoms with Crippen molar-refractivity contribution in [1.82, 2.24) is 0 Å². The lowest BCUT2D eigenvalue weighted by molar-refractivity contribution is -0.295. The van der Waals surface area contributed by atoms with Crippen molar-refractivity contribution >= 4 is 33.9 Å². The van der Waals surface area contributed by atoms with Crippen LogP contribution in [0.4, 0.5) is 0 Å². The summed E-state index contributed by atoms with van der Waals surface area (Å²) < 4.78 is 48.5. The van der Waals surface area contributed by atoms with E-state index in [9.17, 15) is 27.6 Å². The molecule has 1 fully saturated rings. The predicted octanol–water partition coefficient (Wildman–Crippen LogP) is -1.25. The molecule has 0 unspecified atom stereocenters.